The monoisotopic (exact) mass is 360 g/mol. The molecule has 1 aromatic heterocycles. The number of halogens is 2. The van der Waals surface area contributed by atoms with Crippen LogP contribution < -0.4 is 4.74 Å². The maximum Gasteiger partial charge on any atom is 0.123 e. The van der Waals surface area contributed by atoms with Gasteiger partial charge in [0.15, 0.2) is 0 Å². The third kappa shape index (κ3) is 3.09. The Bertz CT molecular complexity index is 468. The average Bonchev–Trinajstić information content (AvgIpc) is 2.73. The van der Waals surface area contributed by atoms with Crippen LogP contribution in [0.2, 0.25) is 0 Å². The fraction of sp³-hybridized carbons (Fsp3) is 0.167. The minimum Gasteiger partial charge on any atom is -0.488 e. The Labute approximate surface area is 116 Å². The van der Waals surface area contributed by atoms with Crippen molar-refractivity contribution in [2.45, 2.75) is 11.9 Å². The number of ether oxygens (including phenoxy) is 1. The van der Waals surface area contributed by atoms with Gasteiger partial charge in [0.05, 0.1) is 0 Å². The van der Waals surface area contributed by atoms with Gasteiger partial charge in [0.1, 0.15) is 12.4 Å². The maximum absolute atomic E-state index is 5.79. The van der Waals surface area contributed by atoms with E-state index in [1.54, 1.807) is 11.3 Å². The Hall–Kier alpha value is -0.320. The van der Waals surface area contributed by atoms with Gasteiger partial charge < -0.3 is 4.74 Å². The van der Waals surface area contributed by atoms with Crippen molar-refractivity contribution in [3.05, 3.63) is 50.6 Å². The van der Waals surface area contributed by atoms with Gasteiger partial charge in [-0.25, -0.2) is 0 Å². The van der Waals surface area contributed by atoms with E-state index < -0.39 is 0 Å². The van der Waals surface area contributed by atoms with Crippen molar-refractivity contribution >= 4 is 43.2 Å². The predicted molar refractivity (Wildman–Crippen MR) is 75.4 cm³/mol. The lowest BCUT2D eigenvalue weighted by molar-refractivity contribution is 0.307. The van der Waals surface area contributed by atoms with Gasteiger partial charge in [-0.05, 0) is 28.1 Å². The Morgan fingerprint density at radius 2 is 2.06 bits per heavy atom. The molecule has 1 nitrogen and oxygen atoms in total. The number of para-hydroxylation sites is 1. The average molecular weight is 362 g/mol. The highest BCUT2D eigenvalue weighted by atomic mass is 79.9. The van der Waals surface area contributed by atoms with Crippen LogP contribution in [0.25, 0.3) is 0 Å². The van der Waals surface area contributed by atoms with Crippen LogP contribution in [0, 0.1) is 0 Å². The SMILES string of the molecule is BrCc1ccccc1OCc1cc(Br)cs1. The molecule has 0 saturated heterocycles. The van der Waals surface area contributed by atoms with Crippen molar-refractivity contribution in [2.75, 3.05) is 0 Å². The molecule has 84 valence electrons. The lowest BCUT2D eigenvalue weighted by Crippen LogP contribution is -1.95. The Kier molecular flexibility index (Phi) is 4.44. The minimum absolute atomic E-state index is 0.625. The lowest BCUT2D eigenvalue weighted by atomic mass is 10.2. The molecule has 0 aliphatic heterocycles. The molecular formula is C12H10Br2OS. The van der Waals surface area contributed by atoms with E-state index in [1.807, 2.05) is 18.2 Å². The van der Waals surface area contributed by atoms with Crippen LogP contribution in [0.4, 0.5) is 0 Å². The van der Waals surface area contributed by atoms with Crippen molar-refractivity contribution in [3.8, 4) is 5.75 Å². The molecule has 0 fully saturated rings. The van der Waals surface area contributed by atoms with Crippen molar-refractivity contribution in [1.82, 2.24) is 0 Å². The van der Waals surface area contributed by atoms with E-state index in [0.29, 0.717) is 6.61 Å². The predicted octanol–water partition coefficient (Wildman–Crippen LogP) is 4.98. The van der Waals surface area contributed by atoms with Crippen molar-refractivity contribution in [1.29, 1.82) is 0 Å². The van der Waals surface area contributed by atoms with Crippen LogP contribution in [0.5, 0.6) is 5.75 Å². The van der Waals surface area contributed by atoms with Gasteiger partial charge in [-0.2, -0.15) is 0 Å². The first-order valence-electron chi connectivity index (χ1n) is 4.79. The summed E-state index contributed by atoms with van der Waals surface area (Å²) < 4.78 is 6.90. The summed E-state index contributed by atoms with van der Waals surface area (Å²) in [4.78, 5) is 1.22. The summed E-state index contributed by atoms with van der Waals surface area (Å²) in [5, 5.41) is 2.88. The van der Waals surface area contributed by atoms with Gasteiger partial charge in [0, 0.05) is 25.6 Å². The van der Waals surface area contributed by atoms with Gasteiger partial charge >= 0.3 is 0 Å². The second-order valence-corrected chi connectivity index (χ2v) is 5.73. The third-order valence-electron chi connectivity index (χ3n) is 2.11. The quantitative estimate of drug-likeness (QED) is 0.697. The van der Waals surface area contributed by atoms with E-state index in [9.17, 15) is 0 Å². The lowest BCUT2D eigenvalue weighted by Gasteiger charge is -2.08. The molecule has 0 unspecified atom stereocenters. The van der Waals surface area contributed by atoms with Crippen molar-refractivity contribution in [2.24, 2.45) is 0 Å². The van der Waals surface area contributed by atoms with Gasteiger partial charge in [-0.15, -0.1) is 11.3 Å². The Morgan fingerprint density at radius 1 is 1.25 bits per heavy atom. The summed E-state index contributed by atoms with van der Waals surface area (Å²) in [5.41, 5.74) is 1.18. The van der Waals surface area contributed by atoms with Gasteiger partial charge in [-0.3, -0.25) is 0 Å². The zero-order valence-electron chi connectivity index (χ0n) is 8.45. The van der Waals surface area contributed by atoms with E-state index >= 15 is 0 Å². The molecule has 1 aromatic carbocycles. The molecule has 0 N–H and O–H groups in total. The number of rotatable bonds is 4. The summed E-state index contributed by atoms with van der Waals surface area (Å²) in [6.45, 7) is 0.625. The Morgan fingerprint density at radius 3 is 2.75 bits per heavy atom. The molecule has 16 heavy (non-hydrogen) atoms. The largest absolute Gasteiger partial charge is 0.488 e. The molecule has 0 aliphatic carbocycles. The number of thiophene rings is 1. The second kappa shape index (κ2) is 5.84. The standard InChI is InChI=1S/C12H10Br2OS/c13-6-9-3-1-2-4-12(9)15-7-11-5-10(14)8-16-11/h1-5,8H,6-7H2. The molecule has 0 atom stereocenters. The molecule has 0 radical (unpaired) electrons. The summed E-state index contributed by atoms with van der Waals surface area (Å²) in [7, 11) is 0. The topological polar surface area (TPSA) is 9.23 Å². The summed E-state index contributed by atoms with van der Waals surface area (Å²) >= 11 is 8.59. The molecule has 0 spiro atoms. The van der Waals surface area contributed by atoms with E-state index in [2.05, 4.69) is 49.4 Å². The molecule has 0 amide bonds. The number of hydrogen-bond donors (Lipinski definition) is 0. The molecule has 0 bridgehead atoms. The van der Waals surface area contributed by atoms with E-state index in [1.165, 1.54) is 10.4 Å². The fourth-order valence-corrected chi connectivity index (χ4v) is 3.16. The van der Waals surface area contributed by atoms with Crippen LogP contribution in [0.15, 0.2) is 40.2 Å². The van der Waals surface area contributed by atoms with Crippen LogP contribution in [0.1, 0.15) is 10.4 Å². The van der Waals surface area contributed by atoms with Gasteiger partial charge in [0.25, 0.3) is 0 Å². The normalized spacial score (nSPS) is 10.4. The highest BCUT2D eigenvalue weighted by molar-refractivity contribution is 9.10. The molecular weight excluding hydrogens is 352 g/mol. The van der Waals surface area contributed by atoms with Crippen LogP contribution in [-0.2, 0) is 11.9 Å². The number of alkyl halides is 1. The van der Waals surface area contributed by atoms with Crippen LogP contribution in [0.3, 0.4) is 0 Å². The highest BCUT2D eigenvalue weighted by Crippen LogP contribution is 2.24. The highest BCUT2D eigenvalue weighted by Gasteiger charge is 2.03. The summed E-state index contributed by atoms with van der Waals surface area (Å²) in [6.07, 6.45) is 0. The number of benzene rings is 1. The molecule has 2 rings (SSSR count). The first-order chi connectivity index (χ1) is 7.79. The van der Waals surface area contributed by atoms with Crippen LogP contribution >= 0.6 is 43.2 Å². The van der Waals surface area contributed by atoms with Gasteiger partial charge in [0.2, 0.25) is 0 Å². The van der Waals surface area contributed by atoms with Crippen molar-refractivity contribution in [3.63, 3.8) is 0 Å². The molecule has 0 aliphatic rings. The van der Waals surface area contributed by atoms with Crippen molar-refractivity contribution < 1.29 is 4.74 Å². The van der Waals surface area contributed by atoms with Gasteiger partial charge in [-0.1, -0.05) is 34.1 Å². The van der Waals surface area contributed by atoms with E-state index in [4.69, 9.17) is 4.74 Å². The third-order valence-corrected chi connectivity index (χ3v) is 4.38. The zero-order valence-corrected chi connectivity index (χ0v) is 12.4. The summed E-state index contributed by atoms with van der Waals surface area (Å²) in [6, 6.07) is 10.2. The zero-order chi connectivity index (χ0) is 11.4. The van der Waals surface area contributed by atoms with E-state index in [-0.39, 0.29) is 0 Å². The first-order valence-corrected chi connectivity index (χ1v) is 7.58. The molecule has 0 saturated carbocycles. The number of hydrogen-bond acceptors (Lipinski definition) is 2. The minimum atomic E-state index is 0.625. The molecule has 1 heterocycles. The van der Waals surface area contributed by atoms with E-state index in [0.717, 1.165) is 15.6 Å². The fourth-order valence-electron chi connectivity index (χ4n) is 1.33. The maximum atomic E-state index is 5.79. The second-order valence-electron chi connectivity index (χ2n) is 3.26. The molecule has 4 heteroatoms. The summed E-state index contributed by atoms with van der Waals surface area (Å²) in [5.74, 6) is 0.948. The molecule has 2 aromatic rings. The smallest absolute Gasteiger partial charge is 0.123 e. The first kappa shape index (κ1) is 12.1. The van der Waals surface area contributed by atoms with Crippen LogP contribution in [-0.4, -0.2) is 0 Å². The Balaban J connectivity index is 2.04.